The molecule has 1 radical (unpaired) electrons. The van der Waals surface area contributed by atoms with Crippen LogP contribution in [0.3, 0.4) is 0 Å². The van der Waals surface area contributed by atoms with Crippen molar-refractivity contribution >= 4 is 10.8 Å². The highest BCUT2D eigenvalue weighted by Gasteiger charge is 2.12. The molecule has 0 saturated heterocycles. The molecule has 0 spiro atoms. The average molecular weight is 181 g/mol. The van der Waals surface area contributed by atoms with Crippen LogP contribution in [0.4, 0.5) is 13.2 Å². The Bertz CT molecular complexity index is 463. The summed E-state index contributed by atoms with van der Waals surface area (Å²) in [6.07, 6.45) is 0. The SMILES string of the molecule is Fc1[c]c2ccccc2c(F)c1F. The Morgan fingerprint density at radius 3 is 2.38 bits per heavy atom. The molecule has 2 rings (SSSR count). The first kappa shape index (κ1) is 8.10. The molecule has 0 unspecified atom stereocenters. The maximum Gasteiger partial charge on any atom is 0.195 e. The summed E-state index contributed by atoms with van der Waals surface area (Å²) in [6, 6.07) is 8.13. The summed E-state index contributed by atoms with van der Waals surface area (Å²) >= 11 is 0. The summed E-state index contributed by atoms with van der Waals surface area (Å²) in [6.45, 7) is 0. The van der Waals surface area contributed by atoms with Gasteiger partial charge in [0.05, 0.1) is 0 Å². The molecular formula is C10H4F3. The molecule has 0 nitrogen and oxygen atoms in total. The highest BCUT2D eigenvalue weighted by Crippen LogP contribution is 2.21. The molecule has 0 fully saturated rings. The summed E-state index contributed by atoms with van der Waals surface area (Å²) in [5, 5.41) is 0.278. The third-order valence-corrected chi connectivity index (χ3v) is 1.79. The first-order chi connectivity index (χ1) is 6.20. The van der Waals surface area contributed by atoms with Crippen molar-refractivity contribution in [2.75, 3.05) is 0 Å². The van der Waals surface area contributed by atoms with Crippen LogP contribution in [0.25, 0.3) is 10.8 Å². The van der Waals surface area contributed by atoms with Gasteiger partial charge in [-0.05, 0) is 5.39 Å². The molecule has 0 atom stereocenters. The lowest BCUT2D eigenvalue weighted by molar-refractivity contribution is 0.452. The van der Waals surface area contributed by atoms with Crippen LogP contribution >= 0.6 is 0 Å². The fourth-order valence-electron chi connectivity index (χ4n) is 1.17. The number of fused-ring (bicyclic) bond motifs is 1. The van der Waals surface area contributed by atoms with E-state index in [2.05, 4.69) is 6.07 Å². The molecule has 0 saturated carbocycles. The number of benzene rings is 2. The Labute approximate surface area is 72.6 Å². The van der Waals surface area contributed by atoms with E-state index in [4.69, 9.17) is 0 Å². The first-order valence-corrected chi connectivity index (χ1v) is 3.64. The fraction of sp³-hybridized carbons (Fsp3) is 0. The zero-order valence-corrected chi connectivity index (χ0v) is 6.44. The molecule has 0 aliphatic heterocycles. The molecule has 0 amide bonds. The zero-order chi connectivity index (χ0) is 9.42. The van der Waals surface area contributed by atoms with Crippen molar-refractivity contribution in [3.05, 3.63) is 47.8 Å². The topological polar surface area (TPSA) is 0 Å². The summed E-state index contributed by atoms with van der Waals surface area (Å²) in [4.78, 5) is 0. The molecule has 3 heteroatoms. The van der Waals surface area contributed by atoms with Gasteiger partial charge in [0.25, 0.3) is 0 Å². The minimum atomic E-state index is -1.47. The average Bonchev–Trinajstić information content (AvgIpc) is 2.15. The van der Waals surface area contributed by atoms with E-state index >= 15 is 0 Å². The monoisotopic (exact) mass is 181 g/mol. The second-order valence-corrected chi connectivity index (χ2v) is 2.61. The van der Waals surface area contributed by atoms with Crippen LogP contribution in [0, 0.1) is 23.5 Å². The molecule has 0 aliphatic rings. The van der Waals surface area contributed by atoms with Gasteiger partial charge in [-0.15, -0.1) is 0 Å². The lowest BCUT2D eigenvalue weighted by Gasteiger charge is -2.00. The standard InChI is InChI=1S/C10H4F3/c11-8-5-6-3-1-2-4-7(6)9(12)10(8)13/h1-4H. The van der Waals surface area contributed by atoms with Crippen molar-refractivity contribution in [2.45, 2.75) is 0 Å². The van der Waals surface area contributed by atoms with Crippen molar-refractivity contribution in [1.29, 1.82) is 0 Å². The highest BCUT2D eigenvalue weighted by molar-refractivity contribution is 5.82. The maximum atomic E-state index is 13.0. The Hall–Kier alpha value is -1.51. The van der Waals surface area contributed by atoms with Gasteiger partial charge < -0.3 is 0 Å². The molecule has 0 heterocycles. The quantitative estimate of drug-likeness (QED) is 0.548. The minimum absolute atomic E-state index is 0.0430. The summed E-state index contributed by atoms with van der Waals surface area (Å²) in [7, 11) is 0. The maximum absolute atomic E-state index is 13.0. The van der Waals surface area contributed by atoms with E-state index in [-0.39, 0.29) is 10.8 Å². The molecule has 65 valence electrons. The Balaban J connectivity index is 2.94. The van der Waals surface area contributed by atoms with E-state index in [0.29, 0.717) is 0 Å². The second kappa shape index (κ2) is 2.76. The van der Waals surface area contributed by atoms with Crippen molar-refractivity contribution < 1.29 is 13.2 Å². The lowest BCUT2D eigenvalue weighted by atomic mass is 10.1. The molecule has 2 aromatic carbocycles. The lowest BCUT2D eigenvalue weighted by Crippen LogP contribution is -1.91. The largest absolute Gasteiger partial charge is 0.203 e. The van der Waals surface area contributed by atoms with Gasteiger partial charge in [-0.3, -0.25) is 0 Å². The minimum Gasteiger partial charge on any atom is -0.203 e. The van der Waals surface area contributed by atoms with Gasteiger partial charge in [0.1, 0.15) is 0 Å². The van der Waals surface area contributed by atoms with Crippen LogP contribution in [-0.4, -0.2) is 0 Å². The van der Waals surface area contributed by atoms with Crippen molar-refractivity contribution in [1.82, 2.24) is 0 Å². The van der Waals surface area contributed by atoms with Crippen LogP contribution in [0.1, 0.15) is 0 Å². The van der Waals surface area contributed by atoms with E-state index < -0.39 is 17.5 Å². The second-order valence-electron chi connectivity index (χ2n) is 2.61. The number of halogens is 3. The summed E-state index contributed by atoms with van der Waals surface area (Å²) < 4.78 is 38.3. The van der Waals surface area contributed by atoms with Gasteiger partial charge >= 0.3 is 0 Å². The molecule has 0 aromatic heterocycles. The van der Waals surface area contributed by atoms with Crippen LogP contribution in [0.5, 0.6) is 0 Å². The van der Waals surface area contributed by atoms with E-state index in [1.54, 1.807) is 12.1 Å². The Kier molecular flexibility index (Phi) is 1.72. The van der Waals surface area contributed by atoms with Crippen LogP contribution in [0.2, 0.25) is 0 Å². The number of hydrogen-bond donors (Lipinski definition) is 0. The predicted octanol–water partition coefficient (Wildman–Crippen LogP) is 3.06. The molecule has 2 aromatic rings. The molecule has 0 bridgehead atoms. The van der Waals surface area contributed by atoms with Crippen molar-refractivity contribution in [3.8, 4) is 0 Å². The smallest absolute Gasteiger partial charge is 0.195 e. The van der Waals surface area contributed by atoms with Gasteiger partial charge in [0.15, 0.2) is 17.5 Å². The highest BCUT2D eigenvalue weighted by atomic mass is 19.2. The number of rotatable bonds is 0. The zero-order valence-electron chi connectivity index (χ0n) is 6.44. The van der Waals surface area contributed by atoms with Crippen LogP contribution < -0.4 is 0 Å². The molecule has 0 aliphatic carbocycles. The van der Waals surface area contributed by atoms with Crippen molar-refractivity contribution in [3.63, 3.8) is 0 Å². The third-order valence-electron chi connectivity index (χ3n) is 1.79. The van der Waals surface area contributed by atoms with Gasteiger partial charge in [-0.2, -0.15) is 0 Å². The van der Waals surface area contributed by atoms with E-state index in [1.807, 2.05) is 0 Å². The predicted molar refractivity (Wildman–Crippen MR) is 42.7 cm³/mol. The van der Waals surface area contributed by atoms with Gasteiger partial charge in [0.2, 0.25) is 0 Å². The Morgan fingerprint density at radius 2 is 1.62 bits per heavy atom. The molecule has 0 N–H and O–H groups in total. The van der Waals surface area contributed by atoms with Gasteiger partial charge in [-0.25, -0.2) is 13.2 Å². The van der Waals surface area contributed by atoms with E-state index in [0.717, 1.165) is 0 Å². The first-order valence-electron chi connectivity index (χ1n) is 3.64. The fourth-order valence-corrected chi connectivity index (χ4v) is 1.17. The van der Waals surface area contributed by atoms with Crippen molar-refractivity contribution in [2.24, 2.45) is 0 Å². The molecule has 13 heavy (non-hydrogen) atoms. The van der Waals surface area contributed by atoms with Crippen LogP contribution in [0.15, 0.2) is 24.3 Å². The normalized spacial score (nSPS) is 10.7. The van der Waals surface area contributed by atoms with E-state index in [1.165, 1.54) is 12.1 Å². The summed E-state index contributed by atoms with van der Waals surface area (Å²) in [5.74, 6) is -3.92. The van der Waals surface area contributed by atoms with E-state index in [9.17, 15) is 13.2 Å². The third kappa shape index (κ3) is 1.16. The Morgan fingerprint density at radius 1 is 0.923 bits per heavy atom. The summed E-state index contributed by atoms with van der Waals surface area (Å²) in [5.41, 5.74) is 0. The van der Waals surface area contributed by atoms with Gasteiger partial charge in [-0.1, -0.05) is 24.3 Å². The number of hydrogen-bond acceptors (Lipinski definition) is 0. The van der Waals surface area contributed by atoms with Crippen LogP contribution in [-0.2, 0) is 0 Å². The molecular weight excluding hydrogens is 177 g/mol. The van der Waals surface area contributed by atoms with Gasteiger partial charge in [0, 0.05) is 11.5 Å².